The highest BCUT2D eigenvalue weighted by molar-refractivity contribution is 7.17. The van der Waals surface area contributed by atoms with E-state index in [1.165, 1.54) is 18.3 Å². The Morgan fingerprint density at radius 2 is 2.42 bits per heavy atom. The van der Waals surface area contributed by atoms with E-state index in [4.69, 9.17) is 10.2 Å². The Kier molecular flexibility index (Phi) is 1.44. The average molecular weight is 181 g/mol. The summed E-state index contributed by atoms with van der Waals surface area (Å²) in [4.78, 5) is 11.0. The highest BCUT2D eigenvalue weighted by atomic mass is 32.1. The molecule has 12 heavy (non-hydrogen) atoms. The fourth-order valence-corrected chi connectivity index (χ4v) is 1.88. The standard InChI is InChI=1S/C8H7NO2S/c1-4(10)7-6(9)8-5(11-7)2-3-12-8/h2-3H,9H2,1H3. The van der Waals surface area contributed by atoms with Gasteiger partial charge in [-0.3, -0.25) is 4.79 Å². The molecule has 0 saturated heterocycles. The fraction of sp³-hybridized carbons (Fsp3) is 0.125. The van der Waals surface area contributed by atoms with E-state index >= 15 is 0 Å². The second-order valence-electron chi connectivity index (χ2n) is 2.52. The first kappa shape index (κ1) is 7.36. The molecule has 2 heterocycles. The first-order chi connectivity index (χ1) is 5.70. The minimum absolute atomic E-state index is 0.129. The lowest BCUT2D eigenvalue weighted by atomic mass is 10.3. The van der Waals surface area contributed by atoms with E-state index in [9.17, 15) is 4.79 Å². The molecule has 0 amide bonds. The number of nitrogen functional groups attached to an aromatic ring is 1. The van der Waals surface area contributed by atoms with E-state index in [2.05, 4.69) is 0 Å². The summed E-state index contributed by atoms with van der Waals surface area (Å²) in [5.41, 5.74) is 6.84. The largest absolute Gasteiger partial charge is 0.450 e. The van der Waals surface area contributed by atoms with Gasteiger partial charge in [-0.15, -0.1) is 11.3 Å². The van der Waals surface area contributed by atoms with Crippen LogP contribution in [0.2, 0.25) is 0 Å². The van der Waals surface area contributed by atoms with Gasteiger partial charge in [0.15, 0.2) is 11.5 Å². The van der Waals surface area contributed by atoms with Gasteiger partial charge in [0.05, 0.1) is 10.4 Å². The van der Waals surface area contributed by atoms with Gasteiger partial charge < -0.3 is 10.2 Å². The Labute approximate surface area is 72.8 Å². The number of hydrogen-bond acceptors (Lipinski definition) is 4. The summed E-state index contributed by atoms with van der Waals surface area (Å²) in [5.74, 6) is 0.146. The van der Waals surface area contributed by atoms with Crippen LogP contribution in [0.15, 0.2) is 15.9 Å². The molecule has 4 heteroatoms. The van der Waals surface area contributed by atoms with Crippen LogP contribution >= 0.6 is 11.3 Å². The van der Waals surface area contributed by atoms with Crippen LogP contribution in [0.25, 0.3) is 10.3 Å². The molecule has 62 valence electrons. The van der Waals surface area contributed by atoms with Crippen molar-refractivity contribution >= 4 is 33.1 Å². The lowest BCUT2D eigenvalue weighted by Gasteiger charge is -1.88. The van der Waals surface area contributed by atoms with Gasteiger partial charge in [0.2, 0.25) is 0 Å². The fourth-order valence-electron chi connectivity index (χ4n) is 1.10. The Morgan fingerprint density at radius 3 is 3.00 bits per heavy atom. The van der Waals surface area contributed by atoms with Crippen LogP contribution in [0.1, 0.15) is 17.5 Å². The molecule has 0 radical (unpaired) electrons. The number of ketones is 1. The highest BCUT2D eigenvalue weighted by Crippen LogP contribution is 2.32. The molecule has 3 nitrogen and oxygen atoms in total. The van der Waals surface area contributed by atoms with Crippen molar-refractivity contribution in [3.63, 3.8) is 0 Å². The van der Waals surface area contributed by atoms with Crippen LogP contribution in [0.3, 0.4) is 0 Å². The predicted molar refractivity (Wildman–Crippen MR) is 48.5 cm³/mol. The van der Waals surface area contributed by atoms with Crippen molar-refractivity contribution < 1.29 is 9.21 Å². The second kappa shape index (κ2) is 2.35. The highest BCUT2D eigenvalue weighted by Gasteiger charge is 2.15. The SMILES string of the molecule is CC(=O)c1oc2ccsc2c1N. The van der Waals surface area contributed by atoms with E-state index in [0.717, 1.165) is 4.70 Å². The van der Waals surface area contributed by atoms with E-state index in [-0.39, 0.29) is 11.5 Å². The zero-order valence-electron chi connectivity index (χ0n) is 6.46. The Bertz CT molecular complexity index is 441. The number of fused-ring (bicyclic) bond motifs is 1. The van der Waals surface area contributed by atoms with Gasteiger partial charge >= 0.3 is 0 Å². The van der Waals surface area contributed by atoms with Gasteiger partial charge in [0, 0.05) is 6.92 Å². The van der Waals surface area contributed by atoms with E-state index in [1.807, 2.05) is 11.4 Å². The number of furan rings is 1. The van der Waals surface area contributed by atoms with Crippen molar-refractivity contribution in [2.45, 2.75) is 6.92 Å². The molecule has 0 saturated carbocycles. The smallest absolute Gasteiger partial charge is 0.197 e. The summed E-state index contributed by atoms with van der Waals surface area (Å²) in [5, 5.41) is 1.88. The van der Waals surface area contributed by atoms with E-state index < -0.39 is 0 Å². The molecule has 0 aliphatic heterocycles. The maximum atomic E-state index is 11.0. The van der Waals surface area contributed by atoms with E-state index in [0.29, 0.717) is 11.3 Å². The molecule has 2 rings (SSSR count). The van der Waals surface area contributed by atoms with Gasteiger partial charge in [-0.05, 0) is 11.4 Å². The maximum absolute atomic E-state index is 11.0. The minimum atomic E-state index is -0.129. The maximum Gasteiger partial charge on any atom is 0.197 e. The van der Waals surface area contributed by atoms with Crippen molar-refractivity contribution in [2.24, 2.45) is 0 Å². The molecule has 0 aliphatic rings. The zero-order chi connectivity index (χ0) is 8.72. The number of hydrogen-bond donors (Lipinski definition) is 1. The molecule has 0 bridgehead atoms. The van der Waals surface area contributed by atoms with Crippen molar-refractivity contribution in [3.8, 4) is 0 Å². The molecule has 2 aromatic heterocycles. The summed E-state index contributed by atoms with van der Waals surface area (Å²) in [6.07, 6.45) is 0. The number of rotatable bonds is 1. The van der Waals surface area contributed by atoms with Crippen LogP contribution in [-0.2, 0) is 0 Å². The van der Waals surface area contributed by atoms with Gasteiger partial charge in [-0.1, -0.05) is 0 Å². The molecule has 0 aromatic carbocycles. The lowest BCUT2D eigenvalue weighted by Crippen LogP contribution is -1.94. The van der Waals surface area contributed by atoms with Crippen LogP contribution in [0.4, 0.5) is 5.69 Å². The van der Waals surface area contributed by atoms with Gasteiger partial charge in [0.1, 0.15) is 5.58 Å². The van der Waals surface area contributed by atoms with Crippen LogP contribution in [0, 0.1) is 0 Å². The Morgan fingerprint density at radius 1 is 1.67 bits per heavy atom. The third-order valence-electron chi connectivity index (χ3n) is 1.65. The molecule has 0 unspecified atom stereocenters. The molecule has 0 atom stereocenters. The average Bonchev–Trinajstić information content (AvgIpc) is 2.53. The molecular weight excluding hydrogens is 174 g/mol. The first-order valence-electron chi connectivity index (χ1n) is 3.46. The third kappa shape index (κ3) is 0.848. The van der Waals surface area contributed by atoms with Crippen molar-refractivity contribution in [3.05, 3.63) is 17.2 Å². The summed E-state index contributed by atoms with van der Waals surface area (Å²) in [6.45, 7) is 1.44. The van der Waals surface area contributed by atoms with Gasteiger partial charge in [0.25, 0.3) is 0 Å². The zero-order valence-corrected chi connectivity index (χ0v) is 7.27. The topological polar surface area (TPSA) is 56.2 Å². The minimum Gasteiger partial charge on any atom is -0.450 e. The summed E-state index contributed by atoms with van der Waals surface area (Å²) in [6, 6.07) is 1.81. The van der Waals surface area contributed by atoms with Crippen LogP contribution in [0.5, 0.6) is 0 Å². The molecule has 0 spiro atoms. The molecule has 0 fully saturated rings. The first-order valence-corrected chi connectivity index (χ1v) is 4.34. The number of anilines is 1. The quantitative estimate of drug-likeness (QED) is 0.686. The summed E-state index contributed by atoms with van der Waals surface area (Å²) in [7, 11) is 0. The number of carbonyl (C=O) groups excluding carboxylic acids is 1. The van der Waals surface area contributed by atoms with Crippen molar-refractivity contribution in [2.75, 3.05) is 5.73 Å². The second-order valence-corrected chi connectivity index (χ2v) is 3.43. The number of Topliss-reactive ketones (excluding diaryl/α,β-unsaturated/α-hetero) is 1. The summed E-state index contributed by atoms with van der Waals surface area (Å²) < 4.78 is 6.10. The molecule has 2 N–H and O–H groups in total. The van der Waals surface area contributed by atoms with Crippen molar-refractivity contribution in [1.29, 1.82) is 0 Å². The van der Waals surface area contributed by atoms with E-state index in [1.54, 1.807) is 0 Å². The summed E-state index contributed by atoms with van der Waals surface area (Å²) >= 11 is 1.48. The molecule has 2 aromatic rings. The number of carbonyl (C=O) groups is 1. The molecular formula is C8H7NO2S. The third-order valence-corrected chi connectivity index (χ3v) is 2.58. The van der Waals surface area contributed by atoms with Crippen molar-refractivity contribution in [1.82, 2.24) is 0 Å². The monoisotopic (exact) mass is 181 g/mol. The normalized spacial score (nSPS) is 10.8. The Balaban J connectivity index is 2.78. The number of nitrogens with two attached hydrogens (primary N) is 1. The predicted octanol–water partition coefficient (Wildman–Crippen LogP) is 2.28. The molecule has 0 aliphatic carbocycles. The van der Waals surface area contributed by atoms with Crippen LogP contribution < -0.4 is 5.73 Å². The van der Waals surface area contributed by atoms with Gasteiger partial charge in [-0.25, -0.2) is 0 Å². The Hall–Kier alpha value is -1.29. The van der Waals surface area contributed by atoms with Gasteiger partial charge in [-0.2, -0.15) is 0 Å². The lowest BCUT2D eigenvalue weighted by molar-refractivity contribution is 0.0990. The van der Waals surface area contributed by atoms with Crippen LogP contribution in [-0.4, -0.2) is 5.78 Å². The number of thiophene rings is 1.